The first-order valence-corrected chi connectivity index (χ1v) is 8.42. The van der Waals surface area contributed by atoms with E-state index in [2.05, 4.69) is 15.4 Å². The van der Waals surface area contributed by atoms with Gasteiger partial charge in [-0.1, -0.05) is 11.3 Å². The number of anilines is 1. The van der Waals surface area contributed by atoms with Gasteiger partial charge in [-0.25, -0.2) is 13.9 Å². The quantitative estimate of drug-likeness (QED) is 0.696. The Morgan fingerprint density at radius 2 is 2.12 bits per heavy atom. The highest BCUT2D eigenvalue weighted by Gasteiger charge is 2.12. The molecule has 0 saturated carbocycles. The van der Waals surface area contributed by atoms with Gasteiger partial charge in [0, 0.05) is 32.6 Å². The molecule has 0 unspecified atom stereocenters. The highest BCUT2D eigenvalue weighted by Crippen LogP contribution is 2.26. The molecular formula is C16H18FN5OS. The normalized spacial score (nSPS) is 11.0. The van der Waals surface area contributed by atoms with Crippen molar-refractivity contribution in [1.29, 1.82) is 0 Å². The maximum atomic E-state index is 13.0. The standard InChI is InChI=1S/C16H18FN5OS/c1-11(23)18-8-3-9-21(2)16-20-22-10-14(19-15(22)24-16)12-4-6-13(17)7-5-12/h4-7,10H,3,8-9H2,1-2H3,(H,18,23). The maximum Gasteiger partial charge on any atom is 0.216 e. The third kappa shape index (κ3) is 3.70. The van der Waals surface area contributed by atoms with Gasteiger partial charge < -0.3 is 10.2 Å². The van der Waals surface area contributed by atoms with Crippen LogP contribution in [0.15, 0.2) is 30.5 Å². The zero-order valence-corrected chi connectivity index (χ0v) is 14.3. The van der Waals surface area contributed by atoms with Crippen LogP contribution in [0.1, 0.15) is 13.3 Å². The van der Waals surface area contributed by atoms with E-state index in [1.807, 2.05) is 18.1 Å². The van der Waals surface area contributed by atoms with Crippen LogP contribution in [0.5, 0.6) is 0 Å². The number of nitrogens with one attached hydrogen (secondary N) is 1. The number of rotatable bonds is 6. The fourth-order valence-electron chi connectivity index (χ4n) is 2.28. The Labute approximate surface area is 142 Å². The molecule has 2 heterocycles. The van der Waals surface area contributed by atoms with Gasteiger partial charge in [-0.2, -0.15) is 0 Å². The predicted molar refractivity (Wildman–Crippen MR) is 92.8 cm³/mol. The zero-order valence-electron chi connectivity index (χ0n) is 13.5. The molecule has 0 radical (unpaired) electrons. The van der Waals surface area contributed by atoms with Crippen LogP contribution in [0.3, 0.4) is 0 Å². The van der Waals surface area contributed by atoms with Crippen LogP contribution in [-0.2, 0) is 4.79 Å². The smallest absolute Gasteiger partial charge is 0.216 e. The van der Waals surface area contributed by atoms with Gasteiger partial charge in [0.15, 0.2) is 0 Å². The zero-order chi connectivity index (χ0) is 17.1. The Hall–Kier alpha value is -2.48. The summed E-state index contributed by atoms with van der Waals surface area (Å²) in [5, 5.41) is 8.17. The predicted octanol–water partition coefficient (Wildman–Crippen LogP) is 2.56. The lowest BCUT2D eigenvalue weighted by atomic mass is 10.2. The third-order valence-electron chi connectivity index (χ3n) is 3.54. The third-order valence-corrected chi connectivity index (χ3v) is 4.58. The Morgan fingerprint density at radius 1 is 1.38 bits per heavy atom. The molecule has 6 nitrogen and oxygen atoms in total. The summed E-state index contributed by atoms with van der Waals surface area (Å²) in [4.78, 5) is 18.2. The summed E-state index contributed by atoms with van der Waals surface area (Å²) in [7, 11) is 1.97. The van der Waals surface area contributed by atoms with Crippen molar-refractivity contribution in [2.75, 3.05) is 25.0 Å². The molecule has 0 fully saturated rings. The molecule has 0 aliphatic rings. The number of hydrogen-bond acceptors (Lipinski definition) is 5. The molecule has 0 saturated heterocycles. The van der Waals surface area contributed by atoms with Crippen molar-refractivity contribution < 1.29 is 9.18 Å². The summed E-state index contributed by atoms with van der Waals surface area (Å²) in [6.07, 6.45) is 2.69. The molecule has 0 spiro atoms. The fourth-order valence-corrected chi connectivity index (χ4v) is 3.15. The van der Waals surface area contributed by atoms with Gasteiger partial charge in [0.2, 0.25) is 16.0 Å². The van der Waals surface area contributed by atoms with Crippen LogP contribution < -0.4 is 10.2 Å². The molecule has 1 aromatic carbocycles. The van der Waals surface area contributed by atoms with Crippen molar-refractivity contribution in [3.8, 4) is 11.3 Å². The van der Waals surface area contributed by atoms with Crippen molar-refractivity contribution in [2.45, 2.75) is 13.3 Å². The number of aromatic nitrogens is 3. The van der Waals surface area contributed by atoms with E-state index in [9.17, 15) is 9.18 Å². The first-order valence-electron chi connectivity index (χ1n) is 7.60. The van der Waals surface area contributed by atoms with Crippen molar-refractivity contribution >= 4 is 27.3 Å². The Kier molecular flexibility index (Phi) is 4.75. The molecular weight excluding hydrogens is 329 g/mol. The van der Waals surface area contributed by atoms with Crippen LogP contribution in [-0.4, -0.2) is 40.6 Å². The molecule has 24 heavy (non-hydrogen) atoms. The molecule has 1 amide bonds. The second-order valence-electron chi connectivity index (χ2n) is 5.50. The minimum Gasteiger partial charge on any atom is -0.356 e. The molecule has 0 aliphatic carbocycles. The molecule has 2 aromatic heterocycles. The number of imidazole rings is 1. The summed E-state index contributed by atoms with van der Waals surface area (Å²) < 4.78 is 14.7. The number of hydrogen-bond donors (Lipinski definition) is 1. The van der Waals surface area contributed by atoms with Gasteiger partial charge in [0.1, 0.15) is 5.82 Å². The number of nitrogens with zero attached hydrogens (tertiary/aromatic N) is 4. The van der Waals surface area contributed by atoms with Crippen LogP contribution in [0.25, 0.3) is 16.2 Å². The van der Waals surface area contributed by atoms with E-state index < -0.39 is 0 Å². The van der Waals surface area contributed by atoms with Crippen molar-refractivity contribution in [3.05, 3.63) is 36.3 Å². The number of carbonyl (C=O) groups is 1. The minimum atomic E-state index is -0.263. The summed E-state index contributed by atoms with van der Waals surface area (Å²) in [5.74, 6) is -0.278. The van der Waals surface area contributed by atoms with E-state index in [-0.39, 0.29) is 11.7 Å². The monoisotopic (exact) mass is 347 g/mol. The molecule has 126 valence electrons. The average Bonchev–Trinajstić information content (AvgIpc) is 3.10. The fraction of sp³-hybridized carbons (Fsp3) is 0.312. The van der Waals surface area contributed by atoms with E-state index >= 15 is 0 Å². The second kappa shape index (κ2) is 6.96. The molecule has 8 heteroatoms. The minimum absolute atomic E-state index is 0.0151. The number of carbonyl (C=O) groups excluding carboxylic acids is 1. The first kappa shape index (κ1) is 16.4. The molecule has 3 aromatic rings. The maximum absolute atomic E-state index is 13.0. The van der Waals surface area contributed by atoms with Crippen molar-refractivity contribution in [3.63, 3.8) is 0 Å². The van der Waals surface area contributed by atoms with Gasteiger partial charge in [-0.3, -0.25) is 4.79 Å². The van der Waals surface area contributed by atoms with Crippen molar-refractivity contribution in [1.82, 2.24) is 19.9 Å². The van der Waals surface area contributed by atoms with Crippen LogP contribution in [0.2, 0.25) is 0 Å². The summed E-state index contributed by atoms with van der Waals surface area (Å²) in [5.41, 5.74) is 1.63. The van der Waals surface area contributed by atoms with E-state index in [1.165, 1.54) is 30.4 Å². The lowest BCUT2D eigenvalue weighted by molar-refractivity contribution is -0.118. The number of fused-ring (bicyclic) bond motifs is 1. The highest BCUT2D eigenvalue weighted by molar-refractivity contribution is 7.20. The largest absolute Gasteiger partial charge is 0.356 e. The van der Waals surface area contributed by atoms with Crippen LogP contribution in [0.4, 0.5) is 9.52 Å². The molecule has 0 atom stereocenters. The van der Waals surface area contributed by atoms with Crippen LogP contribution in [0, 0.1) is 5.82 Å². The van der Waals surface area contributed by atoms with E-state index in [0.29, 0.717) is 6.54 Å². The lowest BCUT2D eigenvalue weighted by Crippen LogP contribution is -2.26. The Morgan fingerprint density at radius 3 is 2.79 bits per heavy atom. The number of amides is 1. The topological polar surface area (TPSA) is 62.5 Å². The van der Waals surface area contributed by atoms with Gasteiger partial charge in [-0.15, -0.1) is 5.10 Å². The second-order valence-corrected chi connectivity index (χ2v) is 6.44. The van der Waals surface area contributed by atoms with Gasteiger partial charge >= 0.3 is 0 Å². The van der Waals surface area contributed by atoms with Gasteiger partial charge in [0.25, 0.3) is 0 Å². The Balaban J connectivity index is 1.67. The summed E-state index contributed by atoms with van der Waals surface area (Å²) in [6, 6.07) is 6.25. The lowest BCUT2D eigenvalue weighted by Gasteiger charge is -2.14. The SMILES string of the molecule is CC(=O)NCCCN(C)c1nn2cc(-c3ccc(F)cc3)nc2s1. The van der Waals surface area contributed by atoms with Crippen LogP contribution >= 0.6 is 11.3 Å². The first-order chi connectivity index (χ1) is 11.5. The van der Waals surface area contributed by atoms with Gasteiger partial charge in [-0.05, 0) is 30.7 Å². The molecule has 3 rings (SSSR count). The molecule has 0 bridgehead atoms. The van der Waals surface area contributed by atoms with E-state index in [4.69, 9.17) is 0 Å². The Bertz CT molecular complexity index is 810. The number of benzene rings is 1. The van der Waals surface area contributed by atoms with E-state index in [1.54, 1.807) is 16.6 Å². The summed E-state index contributed by atoms with van der Waals surface area (Å²) >= 11 is 1.49. The van der Waals surface area contributed by atoms with Crippen molar-refractivity contribution in [2.24, 2.45) is 0 Å². The summed E-state index contributed by atoms with van der Waals surface area (Å²) in [6.45, 7) is 2.96. The molecule has 1 N–H and O–H groups in total. The number of halogens is 1. The van der Waals surface area contributed by atoms with Gasteiger partial charge in [0.05, 0.1) is 11.9 Å². The highest BCUT2D eigenvalue weighted by atomic mass is 32.1. The van der Waals surface area contributed by atoms with E-state index in [0.717, 1.165) is 34.3 Å². The average molecular weight is 347 g/mol. The molecule has 0 aliphatic heterocycles.